The maximum Gasteiger partial charge on any atom is 0.194 e. The number of hydrogen-bond acceptors (Lipinski definition) is 3. The molecular formula is C26H30O3. The molecule has 0 heterocycles. The minimum absolute atomic E-state index is 0.0248. The molecule has 0 aliphatic heterocycles. The average molecular weight is 391 g/mol. The first-order valence-electron chi connectivity index (χ1n) is 10.3. The van der Waals surface area contributed by atoms with Crippen LogP contribution in [0.25, 0.3) is 5.57 Å². The summed E-state index contributed by atoms with van der Waals surface area (Å²) in [5.41, 5.74) is 3.79. The highest BCUT2D eigenvalue weighted by molar-refractivity contribution is 6.40. The van der Waals surface area contributed by atoms with Gasteiger partial charge in [0.05, 0.1) is 6.10 Å². The molecule has 0 fully saturated rings. The third-order valence-corrected chi connectivity index (χ3v) is 5.53. The summed E-state index contributed by atoms with van der Waals surface area (Å²) in [4.78, 5) is 27.0. The molecule has 0 N–H and O–H groups in total. The van der Waals surface area contributed by atoms with Gasteiger partial charge >= 0.3 is 0 Å². The first-order valence-corrected chi connectivity index (χ1v) is 10.3. The number of benzene rings is 2. The van der Waals surface area contributed by atoms with E-state index in [0.29, 0.717) is 28.7 Å². The molecule has 3 rings (SSSR count). The van der Waals surface area contributed by atoms with E-state index in [1.165, 1.54) is 0 Å². The Morgan fingerprint density at radius 2 is 1.41 bits per heavy atom. The summed E-state index contributed by atoms with van der Waals surface area (Å²) in [6, 6.07) is 15.0. The van der Waals surface area contributed by atoms with E-state index in [-0.39, 0.29) is 23.1 Å². The van der Waals surface area contributed by atoms with Crippen molar-refractivity contribution in [2.75, 3.05) is 7.11 Å². The third kappa shape index (κ3) is 3.97. The largest absolute Gasteiger partial charge is 0.376 e. The van der Waals surface area contributed by atoms with E-state index < -0.39 is 0 Å². The zero-order valence-corrected chi connectivity index (χ0v) is 18.0. The lowest BCUT2D eigenvalue weighted by atomic mass is 9.75. The Balaban J connectivity index is 2.27. The Hall–Kier alpha value is -2.52. The molecule has 0 saturated heterocycles. The smallest absolute Gasteiger partial charge is 0.194 e. The van der Waals surface area contributed by atoms with E-state index in [9.17, 15) is 9.59 Å². The molecule has 0 saturated carbocycles. The van der Waals surface area contributed by atoms with Gasteiger partial charge in [-0.2, -0.15) is 0 Å². The van der Waals surface area contributed by atoms with Crippen molar-refractivity contribution in [3.63, 3.8) is 0 Å². The molecular weight excluding hydrogens is 360 g/mol. The molecule has 0 aromatic heterocycles. The van der Waals surface area contributed by atoms with Crippen molar-refractivity contribution in [2.24, 2.45) is 5.41 Å². The fourth-order valence-electron chi connectivity index (χ4n) is 4.20. The van der Waals surface area contributed by atoms with Crippen LogP contribution in [0.4, 0.5) is 0 Å². The molecule has 1 atom stereocenters. The lowest BCUT2D eigenvalue weighted by molar-refractivity contribution is 0.0150. The van der Waals surface area contributed by atoms with E-state index in [0.717, 1.165) is 24.0 Å². The second-order valence-electron chi connectivity index (χ2n) is 8.73. The van der Waals surface area contributed by atoms with Gasteiger partial charge in [0.1, 0.15) is 0 Å². The highest BCUT2D eigenvalue weighted by atomic mass is 16.5. The quantitative estimate of drug-likeness (QED) is 0.570. The maximum absolute atomic E-state index is 13.6. The Morgan fingerprint density at radius 3 is 1.97 bits per heavy atom. The van der Waals surface area contributed by atoms with E-state index in [1.54, 1.807) is 19.2 Å². The van der Waals surface area contributed by atoms with E-state index in [2.05, 4.69) is 27.7 Å². The molecule has 1 aliphatic carbocycles. The minimum atomic E-state index is -0.196. The van der Waals surface area contributed by atoms with Crippen LogP contribution in [0, 0.1) is 5.41 Å². The molecule has 0 amide bonds. The zero-order valence-electron chi connectivity index (χ0n) is 18.0. The van der Waals surface area contributed by atoms with Crippen LogP contribution in [0.1, 0.15) is 84.9 Å². The van der Waals surface area contributed by atoms with Crippen molar-refractivity contribution in [1.29, 1.82) is 0 Å². The van der Waals surface area contributed by atoms with Crippen LogP contribution in [0.2, 0.25) is 0 Å². The summed E-state index contributed by atoms with van der Waals surface area (Å²) >= 11 is 0. The Labute approximate surface area is 173 Å². The van der Waals surface area contributed by atoms with Crippen LogP contribution >= 0.6 is 0 Å². The van der Waals surface area contributed by atoms with E-state index in [1.807, 2.05) is 36.4 Å². The van der Waals surface area contributed by atoms with Gasteiger partial charge in [-0.3, -0.25) is 9.59 Å². The predicted molar refractivity (Wildman–Crippen MR) is 117 cm³/mol. The maximum atomic E-state index is 13.6. The summed E-state index contributed by atoms with van der Waals surface area (Å²) in [5.74, 6) is -0.0920. The molecule has 0 bridgehead atoms. The van der Waals surface area contributed by atoms with E-state index in [4.69, 9.17) is 4.74 Å². The van der Waals surface area contributed by atoms with Crippen LogP contribution in [0.3, 0.4) is 0 Å². The highest BCUT2D eigenvalue weighted by Gasteiger charge is 2.35. The lowest BCUT2D eigenvalue weighted by Gasteiger charge is -2.32. The second-order valence-corrected chi connectivity index (χ2v) is 8.73. The number of allylic oxidation sites excluding steroid dienone is 2. The van der Waals surface area contributed by atoms with Gasteiger partial charge in [-0.05, 0) is 29.4 Å². The summed E-state index contributed by atoms with van der Waals surface area (Å²) in [7, 11) is 1.70. The van der Waals surface area contributed by atoms with Gasteiger partial charge < -0.3 is 4.74 Å². The number of methoxy groups -OCH3 is 1. The number of fused-ring (bicyclic) bond motifs is 1. The third-order valence-electron chi connectivity index (χ3n) is 5.53. The van der Waals surface area contributed by atoms with Crippen LogP contribution < -0.4 is 0 Å². The lowest BCUT2D eigenvalue weighted by Crippen LogP contribution is -2.25. The van der Waals surface area contributed by atoms with Gasteiger partial charge in [-0.25, -0.2) is 0 Å². The number of ether oxygens (including phenoxy) is 1. The highest BCUT2D eigenvalue weighted by Crippen LogP contribution is 2.42. The standard InChI is InChI=1S/C26H30O3/c1-6-7-12-21-22(24(28)19-15-10-9-14-18(19)23(21)27)17-13-8-11-16-20(17)25(29-5)26(2,3)4/h8-11,13-16,25H,6-7,12H2,1-5H3. The van der Waals surface area contributed by atoms with Gasteiger partial charge in [-0.1, -0.05) is 82.6 Å². The SMILES string of the molecule is CCCCC1=C(c2ccccc2C(OC)C(C)(C)C)C(=O)c2ccccc2C1=O. The van der Waals surface area contributed by atoms with Crippen LogP contribution in [0.5, 0.6) is 0 Å². The molecule has 0 radical (unpaired) electrons. The number of Topliss-reactive ketones (excluding diaryl/α,β-unsaturated/α-hetero) is 2. The minimum Gasteiger partial charge on any atom is -0.376 e. The van der Waals surface area contributed by atoms with Crippen LogP contribution in [0.15, 0.2) is 54.1 Å². The summed E-state index contributed by atoms with van der Waals surface area (Å²) < 4.78 is 5.86. The fourth-order valence-corrected chi connectivity index (χ4v) is 4.20. The van der Waals surface area contributed by atoms with Gasteiger partial charge in [0.25, 0.3) is 0 Å². The molecule has 2 aromatic carbocycles. The molecule has 1 unspecified atom stereocenters. The van der Waals surface area contributed by atoms with Gasteiger partial charge in [0.15, 0.2) is 11.6 Å². The van der Waals surface area contributed by atoms with Crippen molar-refractivity contribution in [2.45, 2.75) is 53.1 Å². The van der Waals surface area contributed by atoms with E-state index >= 15 is 0 Å². The summed E-state index contributed by atoms with van der Waals surface area (Å²) in [6.45, 7) is 8.45. The average Bonchev–Trinajstić information content (AvgIpc) is 2.70. The van der Waals surface area contributed by atoms with Crippen molar-refractivity contribution < 1.29 is 14.3 Å². The zero-order chi connectivity index (χ0) is 21.2. The Morgan fingerprint density at radius 1 is 0.862 bits per heavy atom. The van der Waals surface area contributed by atoms with Gasteiger partial charge in [0.2, 0.25) is 0 Å². The number of carbonyl (C=O) groups excluding carboxylic acids is 2. The normalized spacial score (nSPS) is 15.5. The summed E-state index contributed by atoms with van der Waals surface area (Å²) in [6.07, 6.45) is 2.24. The number of ketones is 2. The number of hydrogen-bond donors (Lipinski definition) is 0. The van der Waals surface area contributed by atoms with Crippen LogP contribution in [-0.4, -0.2) is 18.7 Å². The van der Waals surface area contributed by atoms with Gasteiger partial charge in [0, 0.05) is 29.4 Å². The molecule has 3 nitrogen and oxygen atoms in total. The Kier molecular flexibility index (Phi) is 6.18. The first kappa shape index (κ1) is 21.2. The number of rotatable bonds is 6. The molecule has 2 aromatic rings. The number of unbranched alkanes of at least 4 members (excludes halogenated alkanes) is 1. The van der Waals surface area contributed by atoms with Crippen molar-refractivity contribution in [3.05, 3.63) is 76.4 Å². The molecule has 29 heavy (non-hydrogen) atoms. The van der Waals surface area contributed by atoms with Crippen molar-refractivity contribution in [1.82, 2.24) is 0 Å². The Bertz CT molecular complexity index is 960. The van der Waals surface area contributed by atoms with Crippen LogP contribution in [-0.2, 0) is 4.74 Å². The first-order chi connectivity index (χ1) is 13.8. The monoisotopic (exact) mass is 390 g/mol. The molecule has 0 spiro atoms. The topological polar surface area (TPSA) is 43.4 Å². The number of carbonyl (C=O) groups is 2. The van der Waals surface area contributed by atoms with Gasteiger partial charge in [-0.15, -0.1) is 0 Å². The fraction of sp³-hybridized carbons (Fsp3) is 0.385. The molecule has 3 heteroatoms. The molecule has 1 aliphatic rings. The van der Waals surface area contributed by atoms with Crippen molar-refractivity contribution in [3.8, 4) is 0 Å². The predicted octanol–water partition coefficient (Wildman–Crippen LogP) is 6.44. The van der Waals surface area contributed by atoms with Crippen molar-refractivity contribution >= 4 is 17.1 Å². The molecule has 152 valence electrons. The second kappa shape index (κ2) is 8.46. The summed E-state index contributed by atoms with van der Waals surface area (Å²) in [5, 5.41) is 0.